The lowest BCUT2D eigenvalue weighted by Gasteiger charge is -2.36. The van der Waals surface area contributed by atoms with Crippen LogP contribution in [0.1, 0.15) is 28.7 Å². The second-order valence-electron chi connectivity index (χ2n) is 7.36. The summed E-state index contributed by atoms with van der Waals surface area (Å²) in [5.41, 5.74) is 4.14. The molecule has 4 aromatic carbocycles. The highest BCUT2D eigenvalue weighted by Gasteiger charge is 2.38. The van der Waals surface area contributed by atoms with Crippen LogP contribution < -0.4 is 4.74 Å². The molecule has 0 saturated heterocycles. The molecule has 0 aliphatic rings. The average molecular weight is 408 g/mol. The summed E-state index contributed by atoms with van der Waals surface area (Å²) in [6, 6.07) is 39.5. The van der Waals surface area contributed by atoms with Crippen molar-refractivity contribution in [2.24, 2.45) is 0 Å². The number of hydrogen-bond acceptors (Lipinski definition) is 2. The first-order chi connectivity index (χ1) is 15.2. The standard InChI is InChI=1S/C28H24O3/c29-27(30)20-21-31-26-18-16-25(17-19-26)28(22-10-4-1-5-11-22,23-12-6-2-7-13-23)24-14-8-3-9-15-24/h1-19H,20-21H2,(H,29,30). The lowest BCUT2D eigenvalue weighted by molar-refractivity contribution is -0.137. The lowest BCUT2D eigenvalue weighted by Crippen LogP contribution is -2.30. The Morgan fingerprint density at radius 3 is 1.39 bits per heavy atom. The molecule has 0 amide bonds. The Labute approximate surface area is 182 Å². The number of rotatable bonds is 8. The molecule has 0 saturated carbocycles. The minimum Gasteiger partial charge on any atom is -0.493 e. The highest BCUT2D eigenvalue weighted by atomic mass is 16.5. The third-order valence-electron chi connectivity index (χ3n) is 5.49. The van der Waals surface area contributed by atoms with Crippen LogP contribution in [0.5, 0.6) is 5.75 Å². The smallest absolute Gasteiger partial charge is 0.306 e. The number of aliphatic carboxylic acids is 1. The van der Waals surface area contributed by atoms with Gasteiger partial charge in [0.2, 0.25) is 0 Å². The van der Waals surface area contributed by atoms with E-state index in [2.05, 4.69) is 84.9 Å². The molecule has 1 N–H and O–H groups in total. The first-order valence-corrected chi connectivity index (χ1v) is 10.3. The van der Waals surface area contributed by atoms with Gasteiger partial charge >= 0.3 is 5.97 Å². The van der Waals surface area contributed by atoms with Gasteiger partial charge in [0, 0.05) is 0 Å². The molecule has 4 rings (SSSR count). The molecule has 0 spiro atoms. The predicted molar refractivity (Wildman–Crippen MR) is 122 cm³/mol. The summed E-state index contributed by atoms with van der Waals surface area (Å²) in [6.07, 6.45) is -0.0241. The van der Waals surface area contributed by atoms with Gasteiger partial charge in [0.1, 0.15) is 5.75 Å². The maximum atomic E-state index is 10.8. The van der Waals surface area contributed by atoms with Crippen LogP contribution in [0.2, 0.25) is 0 Å². The van der Waals surface area contributed by atoms with Gasteiger partial charge in [0.25, 0.3) is 0 Å². The van der Waals surface area contributed by atoms with E-state index in [1.807, 2.05) is 30.3 Å². The maximum Gasteiger partial charge on any atom is 0.306 e. The molecule has 3 nitrogen and oxygen atoms in total. The van der Waals surface area contributed by atoms with E-state index in [-0.39, 0.29) is 13.0 Å². The van der Waals surface area contributed by atoms with Gasteiger partial charge < -0.3 is 9.84 Å². The van der Waals surface area contributed by atoms with E-state index in [1.54, 1.807) is 0 Å². The summed E-state index contributed by atoms with van der Waals surface area (Å²) < 4.78 is 5.62. The summed E-state index contributed by atoms with van der Waals surface area (Å²) in [4.78, 5) is 10.8. The zero-order chi connectivity index (χ0) is 21.5. The number of carboxylic acid groups (broad SMARTS) is 1. The van der Waals surface area contributed by atoms with E-state index >= 15 is 0 Å². The summed E-state index contributed by atoms with van der Waals surface area (Å²) >= 11 is 0. The molecule has 0 aromatic heterocycles. The van der Waals surface area contributed by atoms with E-state index in [1.165, 1.54) is 16.7 Å². The monoisotopic (exact) mass is 408 g/mol. The van der Waals surface area contributed by atoms with E-state index in [0.717, 1.165) is 5.56 Å². The van der Waals surface area contributed by atoms with Gasteiger partial charge in [-0.15, -0.1) is 0 Å². The second-order valence-corrected chi connectivity index (χ2v) is 7.36. The van der Waals surface area contributed by atoms with Crippen LogP contribution in [0.25, 0.3) is 0 Å². The quantitative estimate of drug-likeness (QED) is 0.368. The van der Waals surface area contributed by atoms with Crippen molar-refractivity contribution in [3.8, 4) is 5.75 Å². The molecule has 3 heteroatoms. The number of carbonyl (C=O) groups is 1. The molecule has 0 aliphatic heterocycles. The zero-order valence-corrected chi connectivity index (χ0v) is 17.1. The maximum absolute atomic E-state index is 10.8. The first-order valence-electron chi connectivity index (χ1n) is 10.3. The van der Waals surface area contributed by atoms with Gasteiger partial charge in [0.15, 0.2) is 0 Å². The van der Waals surface area contributed by atoms with Crippen molar-refractivity contribution in [3.63, 3.8) is 0 Å². The molecule has 0 unspecified atom stereocenters. The van der Waals surface area contributed by atoms with Crippen molar-refractivity contribution in [1.29, 1.82) is 0 Å². The Bertz CT molecular complexity index is 1010. The third-order valence-corrected chi connectivity index (χ3v) is 5.49. The van der Waals surface area contributed by atoms with E-state index in [4.69, 9.17) is 9.84 Å². The van der Waals surface area contributed by atoms with Gasteiger partial charge in [-0.2, -0.15) is 0 Å². The molecule has 0 fully saturated rings. The second kappa shape index (κ2) is 9.31. The molecule has 0 bridgehead atoms. The highest BCUT2D eigenvalue weighted by molar-refractivity contribution is 5.66. The van der Waals surface area contributed by atoms with Crippen LogP contribution in [0.4, 0.5) is 0 Å². The summed E-state index contributed by atoms with van der Waals surface area (Å²) in [6.45, 7) is 0.149. The number of benzene rings is 4. The molecule has 154 valence electrons. The van der Waals surface area contributed by atoms with Crippen molar-refractivity contribution >= 4 is 5.97 Å². The van der Waals surface area contributed by atoms with Gasteiger partial charge in [0.05, 0.1) is 18.4 Å². The number of hydrogen-bond donors (Lipinski definition) is 1. The average Bonchev–Trinajstić information content (AvgIpc) is 2.82. The highest BCUT2D eigenvalue weighted by Crippen LogP contribution is 2.45. The summed E-state index contributed by atoms with van der Waals surface area (Å²) in [7, 11) is 0. The van der Waals surface area contributed by atoms with Crippen LogP contribution in [0, 0.1) is 0 Å². The SMILES string of the molecule is O=C(O)CCOc1ccc(C(c2ccccc2)(c2ccccc2)c2ccccc2)cc1. The fourth-order valence-corrected chi connectivity index (χ4v) is 4.12. The Hall–Kier alpha value is -3.85. The van der Waals surface area contributed by atoms with E-state index in [9.17, 15) is 4.79 Å². The third kappa shape index (κ3) is 4.22. The Morgan fingerprint density at radius 2 is 1.00 bits per heavy atom. The summed E-state index contributed by atoms with van der Waals surface area (Å²) in [5.74, 6) is -0.207. The lowest BCUT2D eigenvalue weighted by atomic mass is 9.65. The van der Waals surface area contributed by atoms with Crippen LogP contribution in [0.3, 0.4) is 0 Å². The number of ether oxygens (including phenoxy) is 1. The van der Waals surface area contributed by atoms with E-state index in [0.29, 0.717) is 5.75 Å². The minimum absolute atomic E-state index is 0.0241. The van der Waals surface area contributed by atoms with Crippen molar-refractivity contribution < 1.29 is 14.6 Å². The first kappa shape index (κ1) is 20.4. The van der Waals surface area contributed by atoms with Gasteiger partial charge in [-0.25, -0.2) is 0 Å². The number of carboxylic acids is 1. The minimum atomic E-state index is -0.868. The van der Waals surface area contributed by atoms with Crippen LogP contribution in [-0.2, 0) is 10.2 Å². The van der Waals surface area contributed by atoms with Crippen LogP contribution in [0.15, 0.2) is 115 Å². The molecular weight excluding hydrogens is 384 g/mol. The predicted octanol–water partition coefficient (Wildman–Crippen LogP) is 5.92. The Morgan fingerprint density at radius 1 is 0.613 bits per heavy atom. The van der Waals surface area contributed by atoms with Gasteiger partial charge in [-0.3, -0.25) is 4.79 Å². The fraction of sp³-hybridized carbons (Fsp3) is 0.107. The summed E-state index contributed by atoms with van der Waals surface area (Å²) in [5, 5.41) is 8.84. The van der Waals surface area contributed by atoms with Crippen molar-refractivity contribution in [2.75, 3.05) is 6.61 Å². The molecule has 0 atom stereocenters. The normalized spacial score (nSPS) is 11.1. The van der Waals surface area contributed by atoms with Crippen molar-refractivity contribution in [2.45, 2.75) is 11.8 Å². The molecule has 0 radical (unpaired) electrons. The largest absolute Gasteiger partial charge is 0.493 e. The van der Waals surface area contributed by atoms with Crippen LogP contribution in [-0.4, -0.2) is 17.7 Å². The fourth-order valence-electron chi connectivity index (χ4n) is 4.12. The van der Waals surface area contributed by atoms with Gasteiger partial charge in [-0.1, -0.05) is 103 Å². The molecule has 0 aliphatic carbocycles. The van der Waals surface area contributed by atoms with Crippen molar-refractivity contribution in [3.05, 3.63) is 138 Å². The van der Waals surface area contributed by atoms with E-state index < -0.39 is 11.4 Å². The topological polar surface area (TPSA) is 46.5 Å². The molecular formula is C28H24O3. The Balaban J connectivity index is 1.88. The van der Waals surface area contributed by atoms with Gasteiger partial charge in [-0.05, 0) is 34.4 Å². The van der Waals surface area contributed by atoms with Crippen molar-refractivity contribution in [1.82, 2.24) is 0 Å². The molecule has 31 heavy (non-hydrogen) atoms. The molecule has 0 heterocycles. The van der Waals surface area contributed by atoms with Crippen LogP contribution >= 0.6 is 0 Å². The molecule has 4 aromatic rings. The zero-order valence-electron chi connectivity index (χ0n) is 17.1. The Kier molecular flexibility index (Phi) is 6.13.